The number of ether oxygens (including phenoxy) is 2. The van der Waals surface area contributed by atoms with E-state index >= 15 is 0 Å². The molecule has 0 aromatic carbocycles. The predicted octanol–water partition coefficient (Wildman–Crippen LogP) is 3.22. The monoisotopic (exact) mass is 514 g/mol. The summed E-state index contributed by atoms with van der Waals surface area (Å²) in [7, 11) is 3.38. The first-order valence-corrected chi connectivity index (χ1v) is 15.6. The SMILES string of the molecule is COCCOP1(=[Se])N(C(C)(C)C)P(=[Se])(OCCOC)N1C(C)(C)C. The van der Waals surface area contributed by atoms with Crippen molar-refractivity contribution in [1.29, 1.82) is 0 Å². The van der Waals surface area contributed by atoms with Crippen molar-refractivity contribution in [1.82, 2.24) is 8.88 Å². The van der Waals surface area contributed by atoms with Crippen molar-refractivity contribution in [2.45, 2.75) is 52.6 Å². The van der Waals surface area contributed by atoms with Gasteiger partial charge >= 0.3 is 163 Å². The van der Waals surface area contributed by atoms with Gasteiger partial charge in [0.2, 0.25) is 0 Å². The number of hydrogen-bond acceptors (Lipinski definition) is 6. The molecule has 0 N–H and O–H groups in total. The molecule has 0 unspecified atom stereocenters. The molecular formula is C14H32N2O4P2Se2. The summed E-state index contributed by atoms with van der Waals surface area (Å²) in [5, 5.41) is 0. The van der Waals surface area contributed by atoms with Crippen molar-refractivity contribution in [3.63, 3.8) is 0 Å². The van der Waals surface area contributed by atoms with Gasteiger partial charge in [-0.05, 0) is 0 Å². The summed E-state index contributed by atoms with van der Waals surface area (Å²) in [4.78, 5) is 0. The molecule has 1 fully saturated rings. The zero-order valence-corrected chi connectivity index (χ0v) is 21.3. The number of hydrogen-bond donors (Lipinski definition) is 0. The third-order valence-corrected chi connectivity index (χ3v) is 20.2. The van der Waals surface area contributed by atoms with Gasteiger partial charge in [-0.15, -0.1) is 0 Å². The Bertz CT molecular complexity index is 458. The Morgan fingerprint density at radius 3 is 1.17 bits per heavy atom. The van der Waals surface area contributed by atoms with Crippen LogP contribution in [0.25, 0.3) is 0 Å². The van der Waals surface area contributed by atoms with Gasteiger partial charge in [-0.1, -0.05) is 0 Å². The molecule has 0 saturated carbocycles. The molecule has 0 radical (unpaired) electrons. The van der Waals surface area contributed by atoms with Gasteiger partial charge in [0.05, 0.1) is 0 Å². The van der Waals surface area contributed by atoms with E-state index in [0.717, 1.165) is 0 Å². The van der Waals surface area contributed by atoms with Crippen LogP contribution in [-0.4, -0.2) is 90.8 Å². The zero-order valence-electron chi connectivity index (χ0n) is 16.1. The summed E-state index contributed by atoms with van der Waals surface area (Å²) in [6.07, 6.45) is 0. The Morgan fingerprint density at radius 2 is 0.958 bits per heavy atom. The molecule has 1 heterocycles. The van der Waals surface area contributed by atoms with Crippen LogP contribution in [0.4, 0.5) is 0 Å². The van der Waals surface area contributed by atoms with E-state index in [-0.39, 0.29) is 11.1 Å². The van der Waals surface area contributed by atoms with Crippen molar-refractivity contribution in [2.24, 2.45) is 0 Å². The van der Waals surface area contributed by atoms with E-state index in [1.807, 2.05) is 0 Å². The standard InChI is InChI=1S/C14H32N2O4P2Se2/c1-13(2,3)15-21(23,19-11-9-17-7)16(14(4,5)6)22(15,24)20-12-10-18-8/h9-12H2,1-8H3. The van der Waals surface area contributed by atoms with E-state index in [1.165, 1.54) is 0 Å². The molecule has 0 spiro atoms. The van der Waals surface area contributed by atoms with Gasteiger partial charge in [0.1, 0.15) is 0 Å². The molecule has 24 heavy (non-hydrogen) atoms. The van der Waals surface area contributed by atoms with Crippen LogP contribution in [-0.2, 0) is 18.5 Å². The van der Waals surface area contributed by atoms with E-state index in [9.17, 15) is 0 Å². The first-order chi connectivity index (χ1) is 10.9. The maximum absolute atomic E-state index is 6.36. The third kappa shape index (κ3) is 4.93. The van der Waals surface area contributed by atoms with Gasteiger partial charge in [0.15, 0.2) is 0 Å². The van der Waals surface area contributed by atoms with Crippen molar-refractivity contribution in [2.75, 3.05) is 40.6 Å². The first-order valence-electron chi connectivity index (χ1n) is 7.95. The van der Waals surface area contributed by atoms with Crippen LogP contribution in [0.15, 0.2) is 0 Å². The van der Waals surface area contributed by atoms with Crippen LogP contribution in [0.5, 0.6) is 0 Å². The van der Waals surface area contributed by atoms with Gasteiger partial charge in [0.25, 0.3) is 0 Å². The molecule has 0 aromatic rings. The molecule has 1 rings (SSSR count). The van der Waals surface area contributed by atoms with E-state index < -0.39 is 12.1 Å². The fourth-order valence-corrected chi connectivity index (χ4v) is 29.2. The summed E-state index contributed by atoms with van der Waals surface area (Å²) in [5.74, 6) is 0. The summed E-state index contributed by atoms with van der Waals surface area (Å²) >= 11 is 6.78. The van der Waals surface area contributed by atoms with Crippen LogP contribution in [0.2, 0.25) is 0 Å². The zero-order chi connectivity index (χ0) is 18.8. The Labute approximate surface area is 162 Å². The molecule has 0 aliphatic carbocycles. The van der Waals surface area contributed by atoms with Crippen LogP contribution in [0.3, 0.4) is 0 Å². The number of methoxy groups -OCH3 is 2. The first kappa shape index (κ1) is 23.7. The van der Waals surface area contributed by atoms with Crippen LogP contribution >= 0.6 is 12.1 Å². The number of rotatable bonds is 8. The second-order valence-electron chi connectivity index (χ2n) is 7.55. The maximum atomic E-state index is 6.36. The predicted molar refractivity (Wildman–Crippen MR) is 104 cm³/mol. The van der Waals surface area contributed by atoms with Crippen molar-refractivity contribution >= 4 is 42.3 Å². The van der Waals surface area contributed by atoms with Crippen LogP contribution < -0.4 is 0 Å². The minimum atomic E-state index is -2.09. The summed E-state index contributed by atoms with van der Waals surface area (Å²) in [6, 6.07) is -4.18. The van der Waals surface area contributed by atoms with E-state index in [1.54, 1.807) is 14.2 Å². The quantitative estimate of drug-likeness (QED) is 0.283. The topological polar surface area (TPSA) is 43.4 Å². The van der Waals surface area contributed by atoms with Crippen LogP contribution in [0.1, 0.15) is 41.5 Å². The summed E-state index contributed by atoms with van der Waals surface area (Å²) in [6.45, 7) is 15.4. The molecule has 0 amide bonds. The van der Waals surface area contributed by atoms with Gasteiger partial charge in [0, 0.05) is 0 Å². The van der Waals surface area contributed by atoms with Crippen molar-refractivity contribution < 1.29 is 18.5 Å². The Hall–Kier alpha value is 1.66. The normalized spacial score (nSPS) is 29.7. The molecule has 0 bridgehead atoms. The molecule has 0 atom stereocenters. The summed E-state index contributed by atoms with van der Waals surface area (Å²) < 4.78 is 27.9. The van der Waals surface area contributed by atoms with Gasteiger partial charge < -0.3 is 0 Å². The molecule has 1 aliphatic rings. The number of nitrogens with zero attached hydrogens (tertiary/aromatic N) is 2. The molecule has 0 aromatic heterocycles. The Kier molecular flexibility index (Phi) is 8.67. The third-order valence-electron chi connectivity index (χ3n) is 3.25. The van der Waals surface area contributed by atoms with Crippen LogP contribution in [0, 0.1) is 0 Å². The molecule has 6 nitrogen and oxygen atoms in total. The average molecular weight is 512 g/mol. The molecule has 10 heteroatoms. The second-order valence-corrected chi connectivity index (χ2v) is 18.3. The van der Waals surface area contributed by atoms with Gasteiger partial charge in [-0.25, -0.2) is 0 Å². The fraction of sp³-hybridized carbons (Fsp3) is 1.00. The molecule has 1 aliphatic heterocycles. The minimum absolute atomic E-state index is 0.0973. The summed E-state index contributed by atoms with van der Waals surface area (Å²) in [5.41, 5.74) is -0.195. The Balaban J connectivity index is 3.24. The molecule has 144 valence electrons. The van der Waals surface area contributed by atoms with E-state index in [0.29, 0.717) is 26.4 Å². The van der Waals surface area contributed by atoms with Gasteiger partial charge in [-0.2, -0.15) is 0 Å². The van der Waals surface area contributed by atoms with Gasteiger partial charge in [-0.3, -0.25) is 0 Å². The Morgan fingerprint density at radius 1 is 0.667 bits per heavy atom. The van der Waals surface area contributed by atoms with Crippen molar-refractivity contribution in [3.05, 3.63) is 0 Å². The second kappa shape index (κ2) is 8.78. The fourth-order valence-electron chi connectivity index (χ4n) is 2.63. The van der Waals surface area contributed by atoms with Crippen molar-refractivity contribution in [3.8, 4) is 0 Å². The average Bonchev–Trinajstić information content (AvgIpc) is 2.34. The molecular weight excluding hydrogens is 480 g/mol. The van der Waals surface area contributed by atoms with E-state index in [2.05, 4.69) is 80.6 Å². The molecule has 1 saturated heterocycles. The van der Waals surface area contributed by atoms with E-state index in [4.69, 9.17) is 18.5 Å².